The first-order chi connectivity index (χ1) is 7.16. The van der Waals surface area contributed by atoms with Gasteiger partial charge in [-0.05, 0) is 18.9 Å². The molecule has 2 heterocycles. The summed E-state index contributed by atoms with van der Waals surface area (Å²) >= 11 is 0. The number of hydrogen-bond donors (Lipinski definition) is 2. The molecule has 0 spiro atoms. The molecule has 0 radical (unpaired) electrons. The van der Waals surface area contributed by atoms with Crippen LogP contribution in [0.2, 0.25) is 0 Å². The van der Waals surface area contributed by atoms with Gasteiger partial charge in [-0.15, -0.1) is 0 Å². The fourth-order valence-corrected chi connectivity index (χ4v) is 3.48. The maximum absolute atomic E-state index is 12.1. The van der Waals surface area contributed by atoms with E-state index in [0.717, 1.165) is 12.8 Å². The van der Waals surface area contributed by atoms with Crippen molar-refractivity contribution in [3.05, 3.63) is 12.3 Å². The van der Waals surface area contributed by atoms with Crippen molar-refractivity contribution in [1.29, 1.82) is 0 Å². The zero-order valence-electron chi connectivity index (χ0n) is 8.26. The molecule has 84 valence electrons. The number of sulfonamides is 1. The van der Waals surface area contributed by atoms with Crippen LogP contribution < -0.4 is 5.73 Å². The third-order valence-electron chi connectivity index (χ3n) is 2.66. The summed E-state index contributed by atoms with van der Waals surface area (Å²) < 4.78 is 25.6. The summed E-state index contributed by atoms with van der Waals surface area (Å²) in [6, 6.07) is 1.39. The first kappa shape index (κ1) is 10.6. The molecule has 1 atom stereocenters. The molecule has 1 aromatic rings. The van der Waals surface area contributed by atoms with E-state index in [2.05, 4.69) is 10.2 Å². The molecule has 0 aromatic carbocycles. The Morgan fingerprint density at radius 1 is 1.67 bits per heavy atom. The maximum atomic E-state index is 12.1. The molecule has 1 unspecified atom stereocenters. The van der Waals surface area contributed by atoms with Crippen molar-refractivity contribution in [1.82, 2.24) is 14.5 Å². The zero-order valence-corrected chi connectivity index (χ0v) is 9.07. The number of nitrogens with one attached hydrogen (secondary N) is 1. The largest absolute Gasteiger partial charge is 0.329 e. The lowest BCUT2D eigenvalue weighted by molar-refractivity contribution is 0.391. The van der Waals surface area contributed by atoms with Crippen molar-refractivity contribution in [3.63, 3.8) is 0 Å². The number of H-pyrrole nitrogens is 1. The summed E-state index contributed by atoms with van der Waals surface area (Å²) in [5.74, 6) is 0. The molecule has 0 bridgehead atoms. The van der Waals surface area contributed by atoms with Crippen LogP contribution in [0.3, 0.4) is 0 Å². The maximum Gasteiger partial charge on any atom is 0.260 e. The Bertz CT molecular complexity index is 414. The predicted octanol–water partition coefficient (Wildman–Crippen LogP) is -0.479. The molecule has 1 fully saturated rings. The second-order valence-corrected chi connectivity index (χ2v) is 5.43. The van der Waals surface area contributed by atoms with Gasteiger partial charge in [0.2, 0.25) is 0 Å². The van der Waals surface area contributed by atoms with Gasteiger partial charge in [0, 0.05) is 19.1 Å². The molecule has 0 aliphatic carbocycles. The highest BCUT2D eigenvalue weighted by atomic mass is 32.2. The van der Waals surface area contributed by atoms with Gasteiger partial charge >= 0.3 is 0 Å². The molecule has 0 saturated carbocycles. The van der Waals surface area contributed by atoms with Gasteiger partial charge in [0.25, 0.3) is 10.0 Å². The molecular formula is C8H14N4O2S. The molecule has 3 N–H and O–H groups in total. The van der Waals surface area contributed by atoms with Crippen molar-refractivity contribution in [2.24, 2.45) is 5.73 Å². The van der Waals surface area contributed by atoms with Crippen molar-refractivity contribution in [3.8, 4) is 0 Å². The number of rotatable bonds is 3. The molecule has 6 nitrogen and oxygen atoms in total. The number of hydrogen-bond acceptors (Lipinski definition) is 4. The average molecular weight is 230 g/mol. The standard InChI is InChI=1S/C8H14N4O2S/c9-6-7-2-1-5-12(7)15(13,14)8-3-4-10-11-8/h3-4,7H,1-2,5-6,9H2,(H,10,11). The van der Waals surface area contributed by atoms with Crippen molar-refractivity contribution >= 4 is 10.0 Å². The Kier molecular flexibility index (Phi) is 2.76. The van der Waals surface area contributed by atoms with E-state index in [-0.39, 0.29) is 11.1 Å². The monoisotopic (exact) mass is 230 g/mol. The van der Waals surface area contributed by atoms with Gasteiger partial charge in [0.1, 0.15) is 0 Å². The van der Waals surface area contributed by atoms with E-state index in [4.69, 9.17) is 5.73 Å². The van der Waals surface area contributed by atoms with E-state index in [1.54, 1.807) is 0 Å². The smallest absolute Gasteiger partial charge is 0.260 e. The van der Waals surface area contributed by atoms with E-state index in [1.165, 1.54) is 16.6 Å². The number of aromatic amines is 1. The van der Waals surface area contributed by atoms with Crippen molar-refractivity contribution in [2.75, 3.05) is 13.1 Å². The minimum absolute atomic E-state index is 0.0710. The molecule has 1 saturated heterocycles. The van der Waals surface area contributed by atoms with E-state index in [1.807, 2.05) is 0 Å². The molecule has 2 rings (SSSR count). The van der Waals surface area contributed by atoms with Crippen LogP contribution >= 0.6 is 0 Å². The van der Waals surface area contributed by atoms with Crippen LogP contribution in [0.5, 0.6) is 0 Å². The molecule has 0 amide bonds. The Morgan fingerprint density at radius 2 is 2.47 bits per heavy atom. The highest BCUT2D eigenvalue weighted by Gasteiger charge is 2.34. The lowest BCUT2D eigenvalue weighted by Gasteiger charge is -2.21. The summed E-state index contributed by atoms with van der Waals surface area (Å²) in [5.41, 5.74) is 5.54. The fourth-order valence-electron chi connectivity index (χ4n) is 1.87. The van der Waals surface area contributed by atoms with Gasteiger partial charge < -0.3 is 5.73 Å². The topological polar surface area (TPSA) is 92.1 Å². The lowest BCUT2D eigenvalue weighted by atomic mass is 10.2. The van der Waals surface area contributed by atoms with Gasteiger partial charge in [-0.25, -0.2) is 8.42 Å². The first-order valence-electron chi connectivity index (χ1n) is 4.87. The Labute approximate surface area is 88.5 Å². The normalized spacial score (nSPS) is 23.4. The summed E-state index contributed by atoms with van der Waals surface area (Å²) in [4.78, 5) is 0. The van der Waals surface area contributed by atoms with Crippen LogP contribution in [-0.4, -0.2) is 42.1 Å². The van der Waals surface area contributed by atoms with E-state index >= 15 is 0 Å². The molecule has 1 aromatic heterocycles. The summed E-state index contributed by atoms with van der Waals surface area (Å²) in [7, 11) is -3.42. The Balaban J connectivity index is 2.30. The molecule has 7 heteroatoms. The molecule has 1 aliphatic heterocycles. The van der Waals surface area contributed by atoms with Crippen LogP contribution in [-0.2, 0) is 10.0 Å². The third-order valence-corrected chi connectivity index (χ3v) is 4.54. The molecule has 15 heavy (non-hydrogen) atoms. The Morgan fingerprint density at radius 3 is 3.07 bits per heavy atom. The van der Waals surface area contributed by atoms with Crippen LogP contribution in [0, 0.1) is 0 Å². The van der Waals surface area contributed by atoms with Crippen molar-refractivity contribution in [2.45, 2.75) is 23.9 Å². The van der Waals surface area contributed by atoms with Gasteiger partial charge in [-0.2, -0.15) is 9.40 Å². The van der Waals surface area contributed by atoms with E-state index in [0.29, 0.717) is 13.1 Å². The van der Waals surface area contributed by atoms with E-state index < -0.39 is 10.0 Å². The average Bonchev–Trinajstić information content (AvgIpc) is 2.89. The highest BCUT2D eigenvalue weighted by Crippen LogP contribution is 2.23. The second-order valence-electron chi connectivity index (χ2n) is 3.57. The van der Waals surface area contributed by atoms with Gasteiger partial charge in [-0.1, -0.05) is 0 Å². The van der Waals surface area contributed by atoms with Crippen LogP contribution in [0.1, 0.15) is 12.8 Å². The van der Waals surface area contributed by atoms with Crippen molar-refractivity contribution < 1.29 is 8.42 Å². The minimum atomic E-state index is -3.42. The quantitative estimate of drug-likeness (QED) is 0.733. The first-order valence-corrected chi connectivity index (χ1v) is 6.31. The third kappa shape index (κ3) is 1.77. The summed E-state index contributed by atoms with van der Waals surface area (Å²) in [6.07, 6.45) is 3.14. The van der Waals surface area contributed by atoms with Gasteiger partial charge in [-0.3, -0.25) is 5.10 Å². The summed E-state index contributed by atoms with van der Waals surface area (Å²) in [6.45, 7) is 0.913. The zero-order chi connectivity index (χ0) is 10.9. The number of aromatic nitrogens is 2. The van der Waals surface area contributed by atoms with Crippen LogP contribution in [0.25, 0.3) is 0 Å². The Hall–Kier alpha value is -0.920. The highest BCUT2D eigenvalue weighted by molar-refractivity contribution is 7.89. The van der Waals surface area contributed by atoms with E-state index in [9.17, 15) is 8.42 Å². The number of nitrogens with zero attached hydrogens (tertiary/aromatic N) is 2. The minimum Gasteiger partial charge on any atom is -0.329 e. The lowest BCUT2D eigenvalue weighted by Crippen LogP contribution is -2.39. The second kappa shape index (κ2) is 3.92. The fraction of sp³-hybridized carbons (Fsp3) is 0.625. The number of nitrogens with two attached hydrogens (primary N) is 1. The predicted molar refractivity (Wildman–Crippen MR) is 54.6 cm³/mol. The van der Waals surface area contributed by atoms with Gasteiger partial charge in [0.15, 0.2) is 5.03 Å². The molecule has 1 aliphatic rings. The SMILES string of the molecule is NCC1CCCN1S(=O)(=O)c1ccn[nH]1. The molecular weight excluding hydrogens is 216 g/mol. The van der Waals surface area contributed by atoms with Crippen LogP contribution in [0.4, 0.5) is 0 Å². The van der Waals surface area contributed by atoms with Gasteiger partial charge in [0.05, 0.1) is 6.20 Å². The van der Waals surface area contributed by atoms with Crippen LogP contribution in [0.15, 0.2) is 17.3 Å². The summed E-state index contributed by atoms with van der Waals surface area (Å²) in [5, 5.41) is 6.27.